The molecule has 0 atom stereocenters. The number of aliphatic hydroxyl groups is 1. The molecule has 0 aliphatic carbocycles. The van der Waals surface area contributed by atoms with Crippen molar-refractivity contribution in [1.29, 1.82) is 0 Å². The van der Waals surface area contributed by atoms with Crippen molar-refractivity contribution >= 4 is 33.0 Å². The van der Waals surface area contributed by atoms with Gasteiger partial charge < -0.3 is 5.11 Å². The average molecular weight is 346 g/mol. The number of hydrogen-bond donors (Lipinski definition) is 2. The molecule has 0 radical (unpaired) electrons. The summed E-state index contributed by atoms with van der Waals surface area (Å²) < 4.78 is 27.1. The zero-order valence-electron chi connectivity index (χ0n) is 11.5. The lowest BCUT2D eigenvalue weighted by atomic mass is 10.2. The minimum Gasteiger partial charge on any atom is -0.392 e. The van der Waals surface area contributed by atoms with E-state index in [1.807, 2.05) is 18.4 Å². The molecule has 1 aromatic heterocycles. The number of aryl methyl sites for hydroxylation is 1. The SMILES string of the molecule is CCc1ccsc1CNS(=O)(=O)c1ccc(CO)c(Cl)c1. The quantitative estimate of drug-likeness (QED) is 0.846. The van der Waals surface area contributed by atoms with Gasteiger partial charge in [-0.15, -0.1) is 11.3 Å². The maximum Gasteiger partial charge on any atom is 0.240 e. The maximum atomic E-state index is 12.3. The zero-order valence-corrected chi connectivity index (χ0v) is 13.9. The van der Waals surface area contributed by atoms with Crippen LogP contribution in [0, 0.1) is 0 Å². The van der Waals surface area contributed by atoms with Crippen LogP contribution in [-0.2, 0) is 29.6 Å². The Morgan fingerprint density at radius 2 is 2.05 bits per heavy atom. The molecular weight excluding hydrogens is 330 g/mol. The fourth-order valence-corrected chi connectivity index (χ4v) is 4.24. The Hall–Kier alpha value is -0.920. The summed E-state index contributed by atoms with van der Waals surface area (Å²) >= 11 is 7.47. The van der Waals surface area contributed by atoms with Crippen molar-refractivity contribution in [2.24, 2.45) is 0 Å². The predicted molar refractivity (Wildman–Crippen MR) is 85.1 cm³/mol. The van der Waals surface area contributed by atoms with Gasteiger partial charge in [0.2, 0.25) is 10.0 Å². The van der Waals surface area contributed by atoms with E-state index in [0.29, 0.717) is 5.56 Å². The monoisotopic (exact) mass is 345 g/mol. The molecule has 7 heteroatoms. The first-order valence-electron chi connectivity index (χ1n) is 6.42. The van der Waals surface area contributed by atoms with Crippen LogP contribution < -0.4 is 4.72 Å². The summed E-state index contributed by atoms with van der Waals surface area (Å²) in [6.07, 6.45) is 0.873. The van der Waals surface area contributed by atoms with Gasteiger partial charge in [-0.05, 0) is 41.1 Å². The van der Waals surface area contributed by atoms with E-state index in [1.165, 1.54) is 29.5 Å². The van der Waals surface area contributed by atoms with Crippen molar-refractivity contribution in [3.63, 3.8) is 0 Å². The van der Waals surface area contributed by atoms with Gasteiger partial charge in [0, 0.05) is 16.4 Å². The number of nitrogens with one attached hydrogen (secondary N) is 1. The fraction of sp³-hybridized carbons (Fsp3) is 0.286. The summed E-state index contributed by atoms with van der Waals surface area (Å²) in [5, 5.41) is 11.2. The molecule has 1 aromatic carbocycles. The molecule has 2 N–H and O–H groups in total. The van der Waals surface area contributed by atoms with Crippen molar-refractivity contribution < 1.29 is 13.5 Å². The molecule has 0 saturated carbocycles. The largest absolute Gasteiger partial charge is 0.392 e. The molecule has 0 saturated heterocycles. The Kier molecular flexibility index (Phi) is 5.40. The third-order valence-corrected chi connectivity index (χ3v) is 5.86. The van der Waals surface area contributed by atoms with Crippen LogP contribution in [0.2, 0.25) is 5.02 Å². The Balaban J connectivity index is 2.17. The highest BCUT2D eigenvalue weighted by Crippen LogP contribution is 2.22. The average Bonchev–Trinajstić information content (AvgIpc) is 2.92. The molecule has 4 nitrogen and oxygen atoms in total. The van der Waals surface area contributed by atoms with E-state index in [0.717, 1.165) is 16.9 Å². The van der Waals surface area contributed by atoms with Crippen LogP contribution in [0.5, 0.6) is 0 Å². The van der Waals surface area contributed by atoms with Gasteiger partial charge in [-0.2, -0.15) is 0 Å². The van der Waals surface area contributed by atoms with Crippen molar-refractivity contribution in [2.45, 2.75) is 31.4 Å². The van der Waals surface area contributed by atoms with Gasteiger partial charge in [0.1, 0.15) is 0 Å². The molecule has 0 fully saturated rings. The Morgan fingerprint density at radius 3 is 2.67 bits per heavy atom. The highest BCUT2D eigenvalue weighted by molar-refractivity contribution is 7.89. The molecule has 114 valence electrons. The van der Waals surface area contributed by atoms with Crippen LogP contribution in [0.4, 0.5) is 0 Å². The number of benzene rings is 1. The topological polar surface area (TPSA) is 66.4 Å². The number of halogens is 1. The standard InChI is InChI=1S/C14H16ClNO3S2/c1-2-10-5-6-20-14(10)8-16-21(18,19)12-4-3-11(9-17)13(15)7-12/h3-7,16-17H,2,8-9H2,1H3. The molecule has 2 aromatic rings. The minimum atomic E-state index is -3.62. The molecule has 21 heavy (non-hydrogen) atoms. The Labute approximate surface area is 133 Å². The van der Waals surface area contributed by atoms with Crippen molar-refractivity contribution in [3.8, 4) is 0 Å². The van der Waals surface area contributed by atoms with Crippen molar-refractivity contribution in [1.82, 2.24) is 4.72 Å². The van der Waals surface area contributed by atoms with Crippen LogP contribution in [0.15, 0.2) is 34.5 Å². The van der Waals surface area contributed by atoms with Crippen molar-refractivity contribution in [2.75, 3.05) is 0 Å². The van der Waals surface area contributed by atoms with Gasteiger partial charge in [-0.25, -0.2) is 13.1 Å². The highest BCUT2D eigenvalue weighted by Gasteiger charge is 2.16. The molecule has 2 rings (SSSR count). The maximum absolute atomic E-state index is 12.3. The number of aliphatic hydroxyl groups excluding tert-OH is 1. The molecule has 0 spiro atoms. The van der Waals surface area contributed by atoms with Gasteiger partial charge in [-0.3, -0.25) is 0 Å². The smallest absolute Gasteiger partial charge is 0.240 e. The van der Waals surface area contributed by atoms with Crippen LogP contribution >= 0.6 is 22.9 Å². The minimum absolute atomic E-state index is 0.0966. The normalized spacial score (nSPS) is 11.8. The molecule has 0 amide bonds. The van der Waals surface area contributed by atoms with Crippen LogP contribution in [0.1, 0.15) is 22.9 Å². The number of rotatable bonds is 6. The lowest BCUT2D eigenvalue weighted by molar-refractivity contribution is 0.282. The molecule has 0 unspecified atom stereocenters. The molecule has 1 heterocycles. The van der Waals surface area contributed by atoms with E-state index in [9.17, 15) is 8.42 Å². The van der Waals surface area contributed by atoms with Gasteiger partial charge in [0.25, 0.3) is 0 Å². The van der Waals surface area contributed by atoms with Gasteiger partial charge in [0.15, 0.2) is 0 Å². The number of hydrogen-bond acceptors (Lipinski definition) is 4. The second-order valence-corrected chi connectivity index (χ2v) is 7.63. The van der Waals surface area contributed by atoms with Crippen molar-refractivity contribution in [3.05, 3.63) is 50.7 Å². The lowest BCUT2D eigenvalue weighted by Crippen LogP contribution is -2.23. The van der Waals surface area contributed by atoms with Crippen LogP contribution in [0.25, 0.3) is 0 Å². The number of sulfonamides is 1. The van der Waals surface area contributed by atoms with Crippen LogP contribution in [-0.4, -0.2) is 13.5 Å². The lowest BCUT2D eigenvalue weighted by Gasteiger charge is -2.09. The van der Waals surface area contributed by atoms with Gasteiger partial charge in [-0.1, -0.05) is 24.6 Å². The highest BCUT2D eigenvalue weighted by atomic mass is 35.5. The van der Waals surface area contributed by atoms with E-state index in [2.05, 4.69) is 4.72 Å². The van der Waals surface area contributed by atoms with E-state index >= 15 is 0 Å². The van der Waals surface area contributed by atoms with Gasteiger partial charge >= 0.3 is 0 Å². The summed E-state index contributed by atoms with van der Waals surface area (Å²) in [5.74, 6) is 0. The zero-order chi connectivity index (χ0) is 15.5. The van der Waals surface area contributed by atoms with E-state index in [1.54, 1.807) is 0 Å². The predicted octanol–water partition coefficient (Wildman–Crippen LogP) is 2.93. The molecular formula is C14H16ClNO3S2. The first-order valence-corrected chi connectivity index (χ1v) is 9.16. The van der Waals surface area contributed by atoms with E-state index < -0.39 is 10.0 Å². The first kappa shape index (κ1) is 16.5. The second kappa shape index (κ2) is 6.89. The summed E-state index contributed by atoms with van der Waals surface area (Å²) in [7, 11) is -3.62. The molecule has 0 aliphatic rings. The van der Waals surface area contributed by atoms with E-state index in [-0.39, 0.29) is 23.1 Å². The van der Waals surface area contributed by atoms with Crippen LogP contribution in [0.3, 0.4) is 0 Å². The summed E-state index contributed by atoms with van der Waals surface area (Å²) in [6.45, 7) is 2.08. The second-order valence-electron chi connectivity index (χ2n) is 4.46. The first-order chi connectivity index (χ1) is 9.97. The third kappa shape index (κ3) is 3.84. The molecule has 0 bridgehead atoms. The Bertz CT molecular complexity index is 726. The van der Waals surface area contributed by atoms with E-state index in [4.69, 9.17) is 16.7 Å². The fourth-order valence-electron chi connectivity index (χ4n) is 1.90. The Morgan fingerprint density at radius 1 is 1.29 bits per heavy atom. The van der Waals surface area contributed by atoms with Gasteiger partial charge in [0.05, 0.1) is 11.5 Å². The number of thiophene rings is 1. The summed E-state index contributed by atoms with van der Waals surface area (Å²) in [4.78, 5) is 1.11. The summed E-state index contributed by atoms with van der Waals surface area (Å²) in [6, 6.07) is 6.31. The summed E-state index contributed by atoms with van der Waals surface area (Å²) in [5.41, 5.74) is 1.65. The molecule has 0 aliphatic heterocycles. The third-order valence-electron chi connectivity index (χ3n) is 3.15.